The average molecular weight is 211 g/mol. The number of carbonyl (C=O) groups is 1. The quantitative estimate of drug-likeness (QED) is 0.701. The van der Waals surface area contributed by atoms with Crippen LogP contribution in [0.5, 0.6) is 0 Å². The van der Waals surface area contributed by atoms with Gasteiger partial charge in [0.15, 0.2) is 0 Å². The standard InChI is InChI=1S/C11H21N3O/c1-13-6-3-2-4-10(13)11(15)14-7-5-9(14)8-12/h9-10H,2-8,12H2,1H3. The number of hydrogen-bond acceptors (Lipinski definition) is 3. The summed E-state index contributed by atoms with van der Waals surface area (Å²) in [6.45, 7) is 2.57. The summed E-state index contributed by atoms with van der Waals surface area (Å²) in [6, 6.07) is 0.431. The van der Waals surface area contributed by atoms with Gasteiger partial charge in [0.25, 0.3) is 0 Å². The Bertz CT molecular complexity index is 242. The molecule has 2 saturated heterocycles. The Morgan fingerprint density at radius 1 is 1.33 bits per heavy atom. The first-order valence-electron chi connectivity index (χ1n) is 5.95. The number of rotatable bonds is 2. The number of hydrogen-bond donors (Lipinski definition) is 1. The van der Waals surface area contributed by atoms with Crippen LogP contribution in [0.15, 0.2) is 0 Å². The minimum atomic E-state index is 0.119. The van der Waals surface area contributed by atoms with Crippen molar-refractivity contribution >= 4 is 5.91 Å². The van der Waals surface area contributed by atoms with Gasteiger partial charge in [-0.15, -0.1) is 0 Å². The SMILES string of the molecule is CN1CCCCC1C(=O)N1CCC1CN. The van der Waals surface area contributed by atoms with Crippen molar-refractivity contribution in [1.82, 2.24) is 9.80 Å². The van der Waals surface area contributed by atoms with Crippen molar-refractivity contribution in [3.05, 3.63) is 0 Å². The van der Waals surface area contributed by atoms with E-state index in [1.807, 2.05) is 4.90 Å². The van der Waals surface area contributed by atoms with Gasteiger partial charge in [0.05, 0.1) is 6.04 Å². The second-order valence-electron chi connectivity index (χ2n) is 4.70. The maximum absolute atomic E-state index is 12.2. The van der Waals surface area contributed by atoms with Crippen molar-refractivity contribution < 1.29 is 4.79 Å². The molecule has 15 heavy (non-hydrogen) atoms. The molecule has 1 amide bonds. The lowest BCUT2D eigenvalue weighted by molar-refractivity contribution is -0.145. The third-order valence-corrected chi connectivity index (χ3v) is 3.75. The zero-order valence-corrected chi connectivity index (χ0v) is 9.48. The van der Waals surface area contributed by atoms with Gasteiger partial charge in [-0.25, -0.2) is 0 Å². The third kappa shape index (κ3) is 2.01. The Kier molecular flexibility index (Phi) is 3.26. The van der Waals surface area contributed by atoms with Gasteiger partial charge in [-0.1, -0.05) is 6.42 Å². The molecule has 2 aliphatic rings. The zero-order chi connectivity index (χ0) is 10.8. The lowest BCUT2D eigenvalue weighted by atomic mass is 9.97. The third-order valence-electron chi connectivity index (χ3n) is 3.75. The van der Waals surface area contributed by atoms with E-state index in [4.69, 9.17) is 5.73 Å². The van der Waals surface area contributed by atoms with Crippen LogP contribution >= 0.6 is 0 Å². The summed E-state index contributed by atoms with van der Waals surface area (Å²) < 4.78 is 0. The second kappa shape index (κ2) is 4.49. The molecule has 0 aromatic heterocycles. The van der Waals surface area contributed by atoms with Crippen molar-refractivity contribution in [2.45, 2.75) is 37.8 Å². The number of likely N-dealkylation sites (tertiary alicyclic amines) is 2. The highest BCUT2D eigenvalue weighted by molar-refractivity contribution is 5.83. The molecule has 2 heterocycles. The predicted molar refractivity (Wildman–Crippen MR) is 59.4 cm³/mol. The second-order valence-corrected chi connectivity index (χ2v) is 4.70. The van der Waals surface area contributed by atoms with Crippen LogP contribution < -0.4 is 5.73 Å². The Balaban J connectivity index is 1.94. The van der Waals surface area contributed by atoms with E-state index >= 15 is 0 Å². The Hall–Kier alpha value is -0.610. The van der Waals surface area contributed by atoms with Gasteiger partial charge >= 0.3 is 0 Å². The molecule has 2 unspecified atom stereocenters. The van der Waals surface area contributed by atoms with Crippen LogP contribution in [0.1, 0.15) is 25.7 Å². The summed E-state index contributed by atoms with van der Waals surface area (Å²) >= 11 is 0. The number of amides is 1. The Morgan fingerprint density at radius 2 is 2.13 bits per heavy atom. The van der Waals surface area contributed by atoms with E-state index in [1.54, 1.807) is 0 Å². The smallest absolute Gasteiger partial charge is 0.240 e. The summed E-state index contributed by atoms with van der Waals surface area (Å²) in [5.74, 6) is 0.305. The van der Waals surface area contributed by atoms with E-state index in [1.165, 1.54) is 12.8 Å². The topological polar surface area (TPSA) is 49.6 Å². The fourth-order valence-electron chi connectivity index (χ4n) is 2.55. The zero-order valence-electron chi connectivity index (χ0n) is 9.48. The van der Waals surface area contributed by atoms with Crippen LogP contribution in [0.25, 0.3) is 0 Å². The van der Waals surface area contributed by atoms with E-state index < -0.39 is 0 Å². The monoisotopic (exact) mass is 211 g/mol. The minimum absolute atomic E-state index is 0.119. The minimum Gasteiger partial charge on any atom is -0.337 e. The maximum Gasteiger partial charge on any atom is 0.240 e. The van der Waals surface area contributed by atoms with E-state index in [2.05, 4.69) is 11.9 Å². The van der Waals surface area contributed by atoms with E-state index in [0.29, 0.717) is 18.5 Å². The number of nitrogens with zero attached hydrogens (tertiary/aromatic N) is 2. The molecule has 0 radical (unpaired) electrons. The Labute approximate surface area is 91.4 Å². The fraction of sp³-hybridized carbons (Fsp3) is 0.909. The van der Waals surface area contributed by atoms with Crippen molar-refractivity contribution in [3.63, 3.8) is 0 Å². The van der Waals surface area contributed by atoms with Crippen LogP contribution in [0.3, 0.4) is 0 Å². The lowest BCUT2D eigenvalue weighted by Crippen LogP contribution is -2.60. The number of piperidine rings is 1. The molecule has 0 saturated carbocycles. The van der Waals surface area contributed by atoms with Crippen LogP contribution in [0.2, 0.25) is 0 Å². The molecule has 0 bridgehead atoms. The van der Waals surface area contributed by atoms with Crippen LogP contribution in [-0.4, -0.2) is 54.5 Å². The molecular weight excluding hydrogens is 190 g/mol. The molecule has 86 valence electrons. The summed E-state index contributed by atoms with van der Waals surface area (Å²) in [5.41, 5.74) is 5.62. The van der Waals surface area contributed by atoms with Gasteiger partial charge < -0.3 is 10.6 Å². The number of nitrogens with two attached hydrogens (primary N) is 1. The van der Waals surface area contributed by atoms with Crippen LogP contribution in [-0.2, 0) is 4.79 Å². The normalized spacial score (nSPS) is 32.5. The highest BCUT2D eigenvalue weighted by atomic mass is 16.2. The van der Waals surface area contributed by atoms with Crippen molar-refractivity contribution in [3.8, 4) is 0 Å². The van der Waals surface area contributed by atoms with Gasteiger partial charge in [-0.3, -0.25) is 9.69 Å². The lowest BCUT2D eigenvalue weighted by Gasteiger charge is -2.44. The molecule has 2 aliphatic heterocycles. The first-order valence-corrected chi connectivity index (χ1v) is 5.95. The van der Waals surface area contributed by atoms with Crippen LogP contribution in [0, 0.1) is 0 Å². The fourth-order valence-corrected chi connectivity index (χ4v) is 2.55. The Morgan fingerprint density at radius 3 is 2.67 bits per heavy atom. The molecule has 2 fully saturated rings. The van der Waals surface area contributed by atoms with Crippen molar-refractivity contribution in [1.29, 1.82) is 0 Å². The van der Waals surface area contributed by atoms with Gasteiger partial charge in [-0.2, -0.15) is 0 Å². The maximum atomic E-state index is 12.2. The molecule has 2 N–H and O–H groups in total. The molecular formula is C11H21N3O. The molecule has 2 rings (SSSR count). The molecule has 0 spiro atoms. The van der Waals surface area contributed by atoms with E-state index in [0.717, 1.165) is 25.9 Å². The van der Waals surface area contributed by atoms with Gasteiger partial charge in [-0.05, 0) is 32.9 Å². The van der Waals surface area contributed by atoms with Crippen LogP contribution in [0.4, 0.5) is 0 Å². The predicted octanol–water partition coefficient (Wildman–Crippen LogP) is 0.0303. The van der Waals surface area contributed by atoms with Gasteiger partial charge in [0, 0.05) is 19.1 Å². The molecule has 0 aromatic rings. The molecule has 0 aromatic carbocycles. The molecule has 4 nitrogen and oxygen atoms in total. The van der Waals surface area contributed by atoms with E-state index in [9.17, 15) is 4.79 Å². The summed E-state index contributed by atoms with van der Waals surface area (Å²) in [4.78, 5) is 16.3. The van der Waals surface area contributed by atoms with Crippen molar-refractivity contribution in [2.24, 2.45) is 5.73 Å². The highest BCUT2D eigenvalue weighted by Crippen LogP contribution is 2.23. The number of carbonyl (C=O) groups excluding carboxylic acids is 1. The first-order chi connectivity index (χ1) is 7.24. The average Bonchev–Trinajstić information content (AvgIpc) is 2.17. The summed E-state index contributed by atoms with van der Waals surface area (Å²) in [5, 5.41) is 0. The summed E-state index contributed by atoms with van der Waals surface area (Å²) in [7, 11) is 2.05. The summed E-state index contributed by atoms with van der Waals surface area (Å²) in [6.07, 6.45) is 4.50. The number of likely N-dealkylation sites (N-methyl/N-ethyl adjacent to an activating group) is 1. The first kappa shape index (κ1) is 10.9. The van der Waals surface area contributed by atoms with E-state index in [-0.39, 0.29) is 6.04 Å². The largest absolute Gasteiger partial charge is 0.337 e. The van der Waals surface area contributed by atoms with Gasteiger partial charge in [0.2, 0.25) is 5.91 Å². The van der Waals surface area contributed by atoms with Gasteiger partial charge in [0.1, 0.15) is 0 Å². The molecule has 2 atom stereocenters. The molecule has 4 heteroatoms. The van der Waals surface area contributed by atoms with Crippen molar-refractivity contribution in [2.75, 3.05) is 26.7 Å². The highest BCUT2D eigenvalue weighted by Gasteiger charge is 2.37. The molecule has 0 aliphatic carbocycles.